The lowest BCUT2D eigenvalue weighted by Gasteiger charge is -2.14. The molecular weight excluding hydrogens is 448 g/mol. The molecule has 2 rings (SSSR count). The highest BCUT2D eigenvalue weighted by atomic mass is 127. The van der Waals surface area contributed by atoms with Gasteiger partial charge in [-0.25, -0.2) is 17.9 Å². The predicted octanol–water partition coefficient (Wildman–Crippen LogP) is 1.99. The molecule has 22 heavy (non-hydrogen) atoms. The monoisotopic (exact) mass is 457 g/mol. The van der Waals surface area contributed by atoms with Crippen LogP contribution in [0.25, 0.3) is 11.1 Å². The Kier molecular flexibility index (Phi) is 4.59. The minimum Gasteiger partial charge on any atom is -0.282 e. The third-order valence-electron chi connectivity index (χ3n) is 2.79. The van der Waals surface area contributed by atoms with Gasteiger partial charge in [0.05, 0.1) is 4.90 Å². The molecule has 6 nitrogen and oxygen atoms in total. The summed E-state index contributed by atoms with van der Waals surface area (Å²) in [6, 6.07) is 7.01. The summed E-state index contributed by atoms with van der Waals surface area (Å²) in [4.78, 5) is -1.33. The van der Waals surface area contributed by atoms with Crippen LogP contribution in [-0.4, -0.2) is 21.4 Å². The third-order valence-corrected chi connectivity index (χ3v) is 5.53. The van der Waals surface area contributed by atoms with Crippen LogP contribution in [0.2, 0.25) is 0 Å². The van der Waals surface area contributed by atoms with E-state index in [1.165, 1.54) is 12.1 Å². The molecule has 0 fully saturated rings. The van der Waals surface area contributed by atoms with Crippen molar-refractivity contribution in [1.82, 2.24) is 0 Å². The summed E-state index contributed by atoms with van der Waals surface area (Å²) in [5, 5.41) is 5.08. The fourth-order valence-electron chi connectivity index (χ4n) is 1.95. The van der Waals surface area contributed by atoms with Gasteiger partial charge in [-0.3, -0.25) is 4.55 Å². The largest absolute Gasteiger partial charge is 0.295 e. The maximum atomic E-state index is 14.2. The standard InChI is InChI=1S/C12H9FINO5S2/c13-7-3-1-4-8(14)11(7)12-9(21(15,16)17)5-2-6-10(12)22(18,19)20/h1-6H,(H2,15,16,17)(H,18,19,20). The topological polar surface area (TPSA) is 115 Å². The van der Waals surface area contributed by atoms with Crippen molar-refractivity contribution in [3.63, 3.8) is 0 Å². The predicted molar refractivity (Wildman–Crippen MR) is 85.7 cm³/mol. The zero-order chi connectivity index (χ0) is 16.7. The maximum Gasteiger partial charge on any atom is 0.295 e. The normalized spacial score (nSPS) is 12.4. The van der Waals surface area contributed by atoms with E-state index in [9.17, 15) is 25.8 Å². The Morgan fingerprint density at radius 3 is 2.00 bits per heavy atom. The molecule has 0 amide bonds. The minimum absolute atomic E-state index is 0.263. The van der Waals surface area contributed by atoms with E-state index in [1.807, 2.05) is 0 Å². The van der Waals surface area contributed by atoms with Crippen molar-refractivity contribution in [2.24, 2.45) is 5.14 Å². The molecule has 0 atom stereocenters. The van der Waals surface area contributed by atoms with Gasteiger partial charge in [0.1, 0.15) is 10.7 Å². The van der Waals surface area contributed by atoms with Crippen molar-refractivity contribution in [2.75, 3.05) is 0 Å². The fourth-order valence-corrected chi connectivity index (χ4v) is 4.23. The van der Waals surface area contributed by atoms with Crippen LogP contribution >= 0.6 is 22.6 Å². The molecule has 3 N–H and O–H groups in total. The maximum absolute atomic E-state index is 14.2. The van der Waals surface area contributed by atoms with E-state index in [0.717, 1.165) is 24.3 Å². The van der Waals surface area contributed by atoms with Crippen LogP contribution in [0.5, 0.6) is 0 Å². The molecule has 0 saturated carbocycles. The summed E-state index contributed by atoms with van der Waals surface area (Å²) < 4.78 is 70.2. The zero-order valence-electron chi connectivity index (χ0n) is 10.7. The smallest absolute Gasteiger partial charge is 0.282 e. The van der Waals surface area contributed by atoms with E-state index in [0.29, 0.717) is 0 Å². The van der Waals surface area contributed by atoms with Crippen molar-refractivity contribution < 1.29 is 25.8 Å². The van der Waals surface area contributed by atoms with Crippen molar-refractivity contribution >= 4 is 42.7 Å². The van der Waals surface area contributed by atoms with Gasteiger partial charge >= 0.3 is 0 Å². The summed E-state index contributed by atoms with van der Waals surface area (Å²) in [5.74, 6) is -0.840. The Labute approximate surface area is 140 Å². The molecule has 118 valence electrons. The van der Waals surface area contributed by atoms with Gasteiger partial charge in [0.15, 0.2) is 0 Å². The van der Waals surface area contributed by atoms with Crippen molar-refractivity contribution in [2.45, 2.75) is 9.79 Å². The molecule has 0 radical (unpaired) electrons. The second kappa shape index (κ2) is 5.85. The molecule has 0 aliphatic heterocycles. The zero-order valence-corrected chi connectivity index (χ0v) is 14.5. The van der Waals surface area contributed by atoms with E-state index >= 15 is 0 Å². The average Bonchev–Trinajstić information content (AvgIpc) is 2.36. The van der Waals surface area contributed by atoms with Crippen molar-refractivity contribution in [3.8, 4) is 11.1 Å². The molecule has 0 spiro atoms. The van der Waals surface area contributed by atoms with Gasteiger partial charge in [-0.05, 0) is 46.9 Å². The summed E-state index contributed by atoms with van der Waals surface area (Å²) in [5.41, 5.74) is -0.754. The van der Waals surface area contributed by atoms with Gasteiger partial charge in [-0.2, -0.15) is 8.42 Å². The third kappa shape index (κ3) is 3.30. The number of hydrogen-bond acceptors (Lipinski definition) is 4. The molecule has 0 aromatic heterocycles. The van der Waals surface area contributed by atoms with Crippen molar-refractivity contribution in [3.05, 3.63) is 45.8 Å². The van der Waals surface area contributed by atoms with Gasteiger partial charge in [-0.1, -0.05) is 12.1 Å². The highest BCUT2D eigenvalue weighted by molar-refractivity contribution is 14.1. The van der Waals surface area contributed by atoms with E-state index in [2.05, 4.69) is 0 Å². The number of rotatable bonds is 3. The van der Waals surface area contributed by atoms with Crippen LogP contribution in [0.15, 0.2) is 46.2 Å². The van der Waals surface area contributed by atoms with Crippen LogP contribution in [0.1, 0.15) is 0 Å². The molecular formula is C12H9FINO5S2. The first kappa shape index (κ1) is 17.3. The molecule has 2 aromatic carbocycles. The van der Waals surface area contributed by atoms with E-state index < -0.39 is 41.3 Å². The molecule has 0 aliphatic rings. The summed E-state index contributed by atoms with van der Waals surface area (Å²) in [7, 11) is -9.13. The highest BCUT2D eigenvalue weighted by Gasteiger charge is 2.27. The molecule has 0 saturated heterocycles. The second-order valence-corrected chi connectivity index (χ2v) is 8.33. The lowest BCUT2D eigenvalue weighted by molar-refractivity contribution is 0.483. The van der Waals surface area contributed by atoms with Crippen LogP contribution in [-0.2, 0) is 20.1 Å². The number of nitrogens with two attached hydrogens (primary N) is 1. The Hall–Kier alpha value is -1.08. The van der Waals surface area contributed by atoms with Crippen molar-refractivity contribution in [1.29, 1.82) is 0 Å². The van der Waals surface area contributed by atoms with Gasteiger partial charge < -0.3 is 0 Å². The molecule has 2 aromatic rings. The first-order valence-corrected chi connectivity index (χ1v) is 9.67. The first-order chi connectivity index (χ1) is 10.0. The Morgan fingerprint density at radius 2 is 1.50 bits per heavy atom. The molecule has 0 bridgehead atoms. The van der Waals surface area contributed by atoms with Crippen LogP contribution < -0.4 is 5.14 Å². The van der Waals surface area contributed by atoms with Gasteiger partial charge in [0.2, 0.25) is 10.0 Å². The number of primary sulfonamides is 1. The van der Waals surface area contributed by atoms with Crippen LogP contribution in [0.3, 0.4) is 0 Å². The summed E-state index contributed by atoms with van der Waals surface area (Å²) in [6.45, 7) is 0. The minimum atomic E-state index is -4.79. The number of hydrogen-bond donors (Lipinski definition) is 2. The highest BCUT2D eigenvalue weighted by Crippen LogP contribution is 2.37. The molecule has 0 aliphatic carbocycles. The van der Waals surface area contributed by atoms with E-state index in [1.54, 1.807) is 22.6 Å². The Balaban J connectivity index is 3.08. The molecule has 10 heteroatoms. The molecule has 0 unspecified atom stereocenters. The van der Waals surface area contributed by atoms with Gasteiger partial charge in [0.25, 0.3) is 10.1 Å². The number of sulfonamides is 1. The van der Waals surface area contributed by atoms with E-state index in [4.69, 9.17) is 5.14 Å². The SMILES string of the molecule is NS(=O)(=O)c1cccc(S(=O)(=O)O)c1-c1c(F)cccc1I. The average molecular weight is 457 g/mol. The lowest BCUT2D eigenvalue weighted by Crippen LogP contribution is -2.16. The summed E-state index contributed by atoms with van der Waals surface area (Å²) >= 11 is 1.73. The fraction of sp³-hybridized carbons (Fsp3) is 0. The van der Waals surface area contributed by atoms with Crippen LogP contribution in [0.4, 0.5) is 4.39 Å². The second-order valence-electron chi connectivity index (χ2n) is 4.25. The number of halogens is 2. The summed E-state index contributed by atoms with van der Waals surface area (Å²) in [6.07, 6.45) is 0. The van der Waals surface area contributed by atoms with Crippen LogP contribution in [0, 0.1) is 9.39 Å². The van der Waals surface area contributed by atoms with E-state index in [-0.39, 0.29) is 9.13 Å². The Morgan fingerprint density at radius 1 is 0.955 bits per heavy atom. The lowest BCUT2D eigenvalue weighted by atomic mass is 10.1. The quantitative estimate of drug-likeness (QED) is 0.541. The Bertz CT molecular complexity index is 887. The van der Waals surface area contributed by atoms with Gasteiger partial charge in [-0.15, -0.1) is 0 Å². The number of benzene rings is 2. The first-order valence-electron chi connectivity index (χ1n) is 5.61. The molecule has 0 heterocycles. The van der Waals surface area contributed by atoms with Gasteiger partial charge in [0, 0.05) is 14.7 Å².